The highest BCUT2D eigenvalue weighted by atomic mass is 127. The van der Waals surface area contributed by atoms with E-state index in [2.05, 4.69) is 89.4 Å². The van der Waals surface area contributed by atoms with Crippen molar-refractivity contribution < 1.29 is 0 Å². The van der Waals surface area contributed by atoms with E-state index in [0.717, 1.165) is 19.5 Å². The van der Waals surface area contributed by atoms with Crippen LogP contribution < -0.4 is 5.32 Å². The molecular formula is C19H24IN. The number of hydrogen-bond acceptors (Lipinski definition) is 1. The maximum Gasteiger partial charge on any atom is 0.0130 e. The van der Waals surface area contributed by atoms with Gasteiger partial charge >= 0.3 is 0 Å². The van der Waals surface area contributed by atoms with Crippen LogP contribution in [0, 0.1) is 3.57 Å². The maximum atomic E-state index is 3.58. The van der Waals surface area contributed by atoms with Gasteiger partial charge in [0.2, 0.25) is 0 Å². The van der Waals surface area contributed by atoms with Crippen molar-refractivity contribution in [1.29, 1.82) is 0 Å². The Morgan fingerprint density at radius 2 is 1.71 bits per heavy atom. The first-order valence-electron chi connectivity index (χ1n) is 7.79. The third-order valence-corrected chi connectivity index (χ3v) is 4.50. The van der Waals surface area contributed by atoms with Crippen molar-refractivity contribution in [2.75, 3.05) is 13.1 Å². The second-order valence-electron chi connectivity index (χ2n) is 5.48. The summed E-state index contributed by atoms with van der Waals surface area (Å²) < 4.78 is 1.31. The molecule has 0 aromatic heterocycles. The van der Waals surface area contributed by atoms with E-state index in [1.165, 1.54) is 27.5 Å². The largest absolute Gasteiger partial charge is 0.316 e. The average molecular weight is 393 g/mol. The van der Waals surface area contributed by atoms with Crippen LogP contribution in [0.1, 0.15) is 36.8 Å². The van der Waals surface area contributed by atoms with Crippen molar-refractivity contribution >= 4 is 22.6 Å². The Morgan fingerprint density at radius 3 is 2.38 bits per heavy atom. The lowest BCUT2D eigenvalue weighted by molar-refractivity contribution is 0.548. The quantitative estimate of drug-likeness (QED) is 0.491. The van der Waals surface area contributed by atoms with Crippen LogP contribution in [0.3, 0.4) is 0 Å². The molecule has 0 saturated heterocycles. The minimum absolute atomic E-state index is 0.594. The van der Waals surface area contributed by atoms with Gasteiger partial charge in [-0.2, -0.15) is 0 Å². The summed E-state index contributed by atoms with van der Waals surface area (Å²) in [4.78, 5) is 0. The fourth-order valence-electron chi connectivity index (χ4n) is 2.56. The Labute approximate surface area is 142 Å². The predicted molar refractivity (Wildman–Crippen MR) is 99.8 cm³/mol. The predicted octanol–water partition coefficient (Wildman–Crippen LogP) is 5.01. The molecule has 0 radical (unpaired) electrons. The van der Waals surface area contributed by atoms with Crippen LogP contribution in [0.15, 0.2) is 54.6 Å². The molecule has 21 heavy (non-hydrogen) atoms. The van der Waals surface area contributed by atoms with E-state index < -0.39 is 0 Å². The molecule has 1 N–H and O–H groups in total. The Balaban J connectivity index is 1.96. The first kappa shape index (κ1) is 16.5. The first-order chi connectivity index (χ1) is 10.3. The third-order valence-electron chi connectivity index (χ3n) is 3.78. The molecule has 0 fully saturated rings. The van der Waals surface area contributed by atoms with Crippen LogP contribution >= 0.6 is 22.6 Å². The molecule has 1 unspecified atom stereocenters. The summed E-state index contributed by atoms with van der Waals surface area (Å²) in [5.41, 5.74) is 2.89. The minimum atomic E-state index is 0.594. The molecule has 0 heterocycles. The molecule has 2 aromatic carbocycles. The van der Waals surface area contributed by atoms with Crippen molar-refractivity contribution in [3.05, 3.63) is 69.3 Å². The van der Waals surface area contributed by atoms with Crippen molar-refractivity contribution in [1.82, 2.24) is 5.32 Å². The molecule has 2 heteroatoms. The number of benzene rings is 2. The molecule has 112 valence electrons. The van der Waals surface area contributed by atoms with Gasteiger partial charge in [-0.05, 0) is 77.6 Å². The fraction of sp³-hybridized carbons (Fsp3) is 0.368. The molecule has 0 aliphatic heterocycles. The second-order valence-corrected chi connectivity index (χ2v) is 6.72. The molecule has 0 aliphatic rings. The summed E-state index contributed by atoms with van der Waals surface area (Å²) in [7, 11) is 0. The lowest BCUT2D eigenvalue weighted by atomic mass is 9.92. The van der Waals surface area contributed by atoms with Crippen molar-refractivity contribution in [3.8, 4) is 0 Å². The zero-order chi connectivity index (χ0) is 14.9. The monoisotopic (exact) mass is 393 g/mol. The van der Waals surface area contributed by atoms with Gasteiger partial charge in [-0.25, -0.2) is 0 Å². The number of aryl methyl sites for hydroxylation is 1. The maximum absolute atomic E-state index is 3.58. The summed E-state index contributed by atoms with van der Waals surface area (Å²) in [5.74, 6) is 0.594. The van der Waals surface area contributed by atoms with Crippen molar-refractivity contribution in [3.63, 3.8) is 0 Å². The lowest BCUT2D eigenvalue weighted by Gasteiger charge is -2.18. The average Bonchev–Trinajstić information content (AvgIpc) is 2.53. The van der Waals surface area contributed by atoms with Gasteiger partial charge in [0.1, 0.15) is 0 Å². The molecular weight excluding hydrogens is 369 g/mol. The van der Waals surface area contributed by atoms with E-state index in [9.17, 15) is 0 Å². The van der Waals surface area contributed by atoms with Crippen molar-refractivity contribution in [2.24, 2.45) is 0 Å². The Hall–Kier alpha value is -0.870. The zero-order valence-electron chi connectivity index (χ0n) is 12.7. The lowest BCUT2D eigenvalue weighted by Crippen LogP contribution is -2.22. The highest BCUT2D eigenvalue weighted by Gasteiger charge is 2.11. The molecule has 0 bridgehead atoms. The van der Waals surface area contributed by atoms with Crippen molar-refractivity contribution in [2.45, 2.75) is 32.1 Å². The van der Waals surface area contributed by atoms with E-state index in [0.29, 0.717) is 5.92 Å². The fourth-order valence-corrected chi connectivity index (χ4v) is 2.92. The van der Waals surface area contributed by atoms with Gasteiger partial charge in [-0.15, -0.1) is 0 Å². The van der Waals surface area contributed by atoms with Gasteiger partial charge in [-0.1, -0.05) is 49.4 Å². The smallest absolute Gasteiger partial charge is 0.0130 e. The molecule has 1 nitrogen and oxygen atoms in total. The number of rotatable bonds is 8. The van der Waals surface area contributed by atoms with Gasteiger partial charge in [0.05, 0.1) is 0 Å². The molecule has 0 amide bonds. The van der Waals surface area contributed by atoms with Gasteiger partial charge in [0.25, 0.3) is 0 Å². The molecule has 0 spiro atoms. The Morgan fingerprint density at radius 1 is 1.00 bits per heavy atom. The van der Waals surface area contributed by atoms with E-state index in [1.807, 2.05) is 0 Å². The number of nitrogens with one attached hydrogen (secondary N) is 1. The normalized spacial score (nSPS) is 12.3. The van der Waals surface area contributed by atoms with Crippen LogP contribution in [0.5, 0.6) is 0 Å². The number of halogens is 1. The van der Waals surface area contributed by atoms with E-state index in [1.54, 1.807) is 0 Å². The SMILES string of the molecule is CCCNCC(CCc1ccc(I)cc1)c1ccccc1. The summed E-state index contributed by atoms with van der Waals surface area (Å²) in [6, 6.07) is 19.8. The van der Waals surface area contributed by atoms with E-state index in [4.69, 9.17) is 0 Å². The van der Waals surface area contributed by atoms with Crippen LogP contribution in [0.4, 0.5) is 0 Å². The van der Waals surface area contributed by atoms with Crippen LogP contribution in [-0.2, 0) is 6.42 Å². The Bertz CT molecular complexity index is 507. The standard InChI is InChI=1S/C19H24IN/c1-2-14-21-15-18(17-6-4-3-5-7-17)11-8-16-9-12-19(20)13-10-16/h3-7,9-10,12-13,18,21H,2,8,11,14-15H2,1H3. The third kappa shape index (κ3) is 5.79. The molecule has 0 aliphatic carbocycles. The summed E-state index contributed by atoms with van der Waals surface area (Å²) in [6.07, 6.45) is 3.53. The zero-order valence-corrected chi connectivity index (χ0v) is 14.8. The summed E-state index contributed by atoms with van der Waals surface area (Å²) >= 11 is 2.36. The highest BCUT2D eigenvalue weighted by Crippen LogP contribution is 2.21. The molecule has 2 aromatic rings. The van der Waals surface area contributed by atoms with E-state index >= 15 is 0 Å². The molecule has 1 atom stereocenters. The van der Waals surface area contributed by atoms with Gasteiger partial charge in [-0.3, -0.25) is 0 Å². The van der Waals surface area contributed by atoms with Gasteiger partial charge in [0.15, 0.2) is 0 Å². The minimum Gasteiger partial charge on any atom is -0.316 e. The summed E-state index contributed by atoms with van der Waals surface area (Å²) in [5, 5.41) is 3.58. The van der Waals surface area contributed by atoms with Gasteiger partial charge < -0.3 is 5.32 Å². The molecule has 0 saturated carbocycles. The van der Waals surface area contributed by atoms with E-state index in [-0.39, 0.29) is 0 Å². The first-order valence-corrected chi connectivity index (χ1v) is 8.87. The van der Waals surface area contributed by atoms with Crippen LogP contribution in [0.2, 0.25) is 0 Å². The molecule has 2 rings (SSSR count). The topological polar surface area (TPSA) is 12.0 Å². The number of hydrogen-bond donors (Lipinski definition) is 1. The van der Waals surface area contributed by atoms with Crippen LogP contribution in [0.25, 0.3) is 0 Å². The highest BCUT2D eigenvalue weighted by molar-refractivity contribution is 14.1. The second kappa shape index (κ2) is 9.21. The Kier molecular flexibility index (Phi) is 7.24. The van der Waals surface area contributed by atoms with Crippen LogP contribution in [-0.4, -0.2) is 13.1 Å². The van der Waals surface area contributed by atoms with Gasteiger partial charge in [0, 0.05) is 10.1 Å². The summed E-state index contributed by atoms with van der Waals surface area (Å²) in [6.45, 7) is 4.39.